The van der Waals surface area contributed by atoms with Crippen LogP contribution in [0.5, 0.6) is 0 Å². The number of benzene rings is 1. The molecule has 126 valence electrons. The van der Waals surface area contributed by atoms with Gasteiger partial charge in [0.1, 0.15) is 0 Å². The van der Waals surface area contributed by atoms with Crippen LogP contribution >= 0.6 is 0 Å². The second kappa shape index (κ2) is 5.59. The summed E-state index contributed by atoms with van der Waals surface area (Å²) in [5.41, 5.74) is 3.30. The van der Waals surface area contributed by atoms with Crippen molar-refractivity contribution in [2.24, 2.45) is 17.8 Å². The molecule has 0 aromatic heterocycles. The van der Waals surface area contributed by atoms with Crippen LogP contribution in [-0.2, 0) is 26.1 Å². The molecule has 24 heavy (non-hydrogen) atoms. The molecule has 1 aromatic rings. The summed E-state index contributed by atoms with van der Waals surface area (Å²) in [6, 6.07) is 8.63. The molecule has 2 bridgehead atoms. The van der Waals surface area contributed by atoms with Crippen molar-refractivity contribution < 1.29 is 14.3 Å². The largest absolute Gasteiger partial charge is 0.466 e. The van der Waals surface area contributed by atoms with E-state index in [1.54, 1.807) is 7.11 Å². The van der Waals surface area contributed by atoms with Gasteiger partial charge in [0.15, 0.2) is 0 Å². The summed E-state index contributed by atoms with van der Waals surface area (Å²) in [6.07, 6.45) is 8.77. The lowest BCUT2D eigenvalue weighted by atomic mass is 9.54. The molecule has 1 aromatic carbocycles. The minimum atomic E-state index is -0.200. The molecule has 4 rings (SSSR count). The third kappa shape index (κ3) is 1.97. The molecule has 0 amide bonds. The van der Waals surface area contributed by atoms with Crippen LogP contribution in [0.4, 0.5) is 0 Å². The second-order valence-electron chi connectivity index (χ2n) is 7.28. The molecule has 0 unspecified atom stereocenters. The van der Waals surface area contributed by atoms with Gasteiger partial charge in [-0.15, -0.1) is 0 Å². The summed E-state index contributed by atoms with van der Waals surface area (Å²) in [7, 11) is 3.26. The summed E-state index contributed by atoms with van der Waals surface area (Å²) in [5.74, 6) is 0.694. The predicted octanol–water partition coefficient (Wildman–Crippen LogP) is 3.44. The lowest BCUT2D eigenvalue weighted by molar-refractivity contribution is -0.136. The first-order valence-corrected chi connectivity index (χ1v) is 8.72. The van der Waals surface area contributed by atoms with Crippen molar-refractivity contribution in [3.8, 4) is 0 Å². The van der Waals surface area contributed by atoms with E-state index in [4.69, 9.17) is 9.47 Å². The second-order valence-corrected chi connectivity index (χ2v) is 7.28. The van der Waals surface area contributed by atoms with Gasteiger partial charge in [0, 0.05) is 24.0 Å². The van der Waals surface area contributed by atoms with Crippen LogP contribution in [-0.4, -0.2) is 26.3 Å². The fourth-order valence-corrected chi connectivity index (χ4v) is 5.18. The average molecular weight is 324 g/mol. The maximum atomic E-state index is 12.4. The Hall–Kier alpha value is -1.87. The van der Waals surface area contributed by atoms with Crippen molar-refractivity contribution in [3.05, 3.63) is 59.2 Å². The van der Waals surface area contributed by atoms with Gasteiger partial charge in [-0.1, -0.05) is 49.4 Å². The van der Waals surface area contributed by atoms with Crippen molar-refractivity contribution in [3.63, 3.8) is 0 Å². The lowest BCUT2D eigenvalue weighted by Crippen LogP contribution is -2.51. The first kappa shape index (κ1) is 15.6. The number of carbonyl (C=O) groups excluding carboxylic acids is 1. The summed E-state index contributed by atoms with van der Waals surface area (Å²) >= 11 is 0. The Morgan fingerprint density at radius 3 is 2.75 bits per heavy atom. The molecule has 0 aliphatic heterocycles. The molecule has 3 aliphatic rings. The van der Waals surface area contributed by atoms with Crippen LogP contribution in [0.25, 0.3) is 0 Å². The Labute approximate surface area is 143 Å². The maximum Gasteiger partial charge on any atom is 0.334 e. The average Bonchev–Trinajstić information content (AvgIpc) is 3.05. The minimum Gasteiger partial charge on any atom is -0.466 e. The Bertz CT molecular complexity index is 732. The van der Waals surface area contributed by atoms with Crippen molar-refractivity contribution in [1.82, 2.24) is 0 Å². The Kier molecular flexibility index (Phi) is 3.65. The molecule has 0 saturated heterocycles. The van der Waals surface area contributed by atoms with E-state index in [0.29, 0.717) is 11.8 Å². The highest BCUT2D eigenvalue weighted by Crippen LogP contribution is 2.56. The van der Waals surface area contributed by atoms with E-state index in [9.17, 15) is 4.79 Å². The van der Waals surface area contributed by atoms with E-state index in [1.165, 1.54) is 18.2 Å². The summed E-state index contributed by atoms with van der Waals surface area (Å²) in [5, 5.41) is 0. The van der Waals surface area contributed by atoms with Crippen LogP contribution in [0.3, 0.4) is 0 Å². The fraction of sp³-hybridized carbons (Fsp3) is 0.476. The standard InChI is InChI=1S/C21H24O3/c1-13-19(23-2)11-15-6-4-5-7-18(15)21(13)12-17(20(22)24-3)14-8-9-16(21)10-14/h4-9,12-14,16,19H,10-11H2,1-3H3/t13-,14+,16-,19+,21+/m1/s1. The molecule has 0 fully saturated rings. The molecular weight excluding hydrogens is 300 g/mol. The zero-order valence-electron chi connectivity index (χ0n) is 14.5. The number of methoxy groups -OCH3 is 2. The van der Waals surface area contributed by atoms with Gasteiger partial charge in [-0.25, -0.2) is 4.79 Å². The van der Waals surface area contributed by atoms with Gasteiger partial charge in [-0.3, -0.25) is 0 Å². The molecular formula is C21H24O3. The van der Waals surface area contributed by atoms with Crippen LogP contribution < -0.4 is 0 Å². The SMILES string of the molecule is COC(=O)C1=C[C@@]2(c3ccccc3C[C@H](OC)[C@H]2C)[C@@H]2C=C[C@H]1C2. The topological polar surface area (TPSA) is 35.5 Å². The third-order valence-corrected chi connectivity index (χ3v) is 6.43. The van der Waals surface area contributed by atoms with Gasteiger partial charge < -0.3 is 9.47 Å². The van der Waals surface area contributed by atoms with Crippen LogP contribution in [0.1, 0.15) is 24.5 Å². The predicted molar refractivity (Wildman–Crippen MR) is 92.6 cm³/mol. The minimum absolute atomic E-state index is 0.153. The quantitative estimate of drug-likeness (QED) is 0.617. The van der Waals surface area contributed by atoms with E-state index < -0.39 is 0 Å². The number of allylic oxidation sites excluding steroid dienone is 3. The highest BCUT2D eigenvalue weighted by atomic mass is 16.5. The number of esters is 1. The molecule has 0 radical (unpaired) electrons. The summed E-state index contributed by atoms with van der Waals surface area (Å²) < 4.78 is 10.9. The number of hydrogen-bond donors (Lipinski definition) is 0. The molecule has 3 heteroatoms. The normalized spacial score (nSPS) is 36.4. The third-order valence-electron chi connectivity index (χ3n) is 6.43. The van der Waals surface area contributed by atoms with E-state index in [2.05, 4.69) is 49.4 Å². The Morgan fingerprint density at radius 2 is 2.00 bits per heavy atom. The number of fused-ring (bicyclic) bond motifs is 5. The van der Waals surface area contributed by atoms with Gasteiger partial charge in [-0.2, -0.15) is 0 Å². The zero-order valence-corrected chi connectivity index (χ0v) is 14.5. The van der Waals surface area contributed by atoms with Gasteiger partial charge in [0.25, 0.3) is 0 Å². The van der Waals surface area contributed by atoms with E-state index in [-0.39, 0.29) is 23.4 Å². The molecule has 0 heterocycles. The molecule has 3 aliphatic carbocycles. The molecule has 0 saturated carbocycles. The monoisotopic (exact) mass is 324 g/mol. The van der Waals surface area contributed by atoms with Crippen molar-refractivity contribution in [1.29, 1.82) is 0 Å². The van der Waals surface area contributed by atoms with Crippen molar-refractivity contribution in [2.45, 2.75) is 31.3 Å². The smallest absolute Gasteiger partial charge is 0.334 e. The van der Waals surface area contributed by atoms with Gasteiger partial charge in [-0.05, 0) is 35.8 Å². The summed E-state index contributed by atoms with van der Waals surface area (Å²) in [6.45, 7) is 2.27. The van der Waals surface area contributed by atoms with E-state index in [0.717, 1.165) is 18.4 Å². The highest BCUT2D eigenvalue weighted by molar-refractivity contribution is 5.90. The van der Waals surface area contributed by atoms with Gasteiger partial charge in [0.05, 0.1) is 13.2 Å². The van der Waals surface area contributed by atoms with Gasteiger partial charge >= 0.3 is 5.97 Å². The number of ether oxygens (including phenoxy) is 2. The first-order valence-electron chi connectivity index (χ1n) is 8.72. The van der Waals surface area contributed by atoms with Crippen LogP contribution in [0.15, 0.2) is 48.1 Å². The first-order chi connectivity index (χ1) is 11.6. The van der Waals surface area contributed by atoms with E-state index >= 15 is 0 Å². The van der Waals surface area contributed by atoms with E-state index in [1.807, 2.05) is 0 Å². The van der Waals surface area contributed by atoms with Crippen molar-refractivity contribution >= 4 is 5.97 Å². The number of carbonyl (C=O) groups is 1. The molecule has 0 N–H and O–H groups in total. The number of rotatable bonds is 2. The van der Waals surface area contributed by atoms with Crippen LogP contribution in [0, 0.1) is 17.8 Å². The molecule has 3 nitrogen and oxygen atoms in total. The maximum absolute atomic E-state index is 12.4. The molecule has 5 atom stereocenters. The lowest BCUT2D eigenvalue weighted by Gasteiger charge is -2.51. The highest BCUT2D eigenvalue weighted by Gasteiger charge is 2.54. The molecule has 1 spiro atoms. The van der Waals surface area contributed by atoms with Crippen LogP contribution in [0.2, 0.25) is 0 Å². The Morgan fingerprint density at radius 1 is 1.21 bits per heavy atom. The Balaban J connectivity index is 1.96. The number of hydrogen-bond acceptors (Lipinski definition) is 3. The zero-order chi connectivity index (χ0) is 16.9. The fourth-order valence-electron chi connectivity index (χ4n) is 5.18. The van der Waals surface area contributed by atoms with Crippen molar-refractivity contribution in [2.75, 3.05) is 14.2 Å². The van der Waals surface area contributed by atoms with Gasteiger partial charge in [0.2, 0.25) is 0 Å². The summed E-state index contributed by atoms with van der Waals surface area (Å²) in [4.78, 5) is 12.4.